The van der Waals surface area contributed by atoms with Gasteiger partial charge in [0, 0.05) is 24.2 Å². The number of hydrogen-bond acceptors (Lipinski definition) is 5. The summed E-state index contributed by atoms with van der Waals surface area (Å²) in [7, 11) is 0. The Kier molecular flexibility index (Phi) is 8.39. The van der Waals surface area contributed by atoms with Gasteiger partial charge in [-0.3, -0.25) is 19.5 Å². The molecule has 44 heavy (non-hydrogen) atoms. The molecule has 0 N–H and O–H groups in total. The first kappa shape index (κ1) is 29.4. The molecule has 0 spiro atoms. The van der Waals surface area contributed by atoms with Gasteiger partial charge >= 0.3 is 0 Å². The number of aliphatic imine (C=N–C) groups is 1. The van der Waals surface area contributed by atoms with Crippen molar-refractivity contribution in [1.82, 2.24) is 14.8 Å². The topological polar surface area (TPSA) is 65.9 Å². The van der Waals surface area contributed by atoms with E-state index >= 15 is 0 Å². The number of carbonyl (C=O) groups is 2. The second-order valence-corrected chi connectivity index (χ2v) is 11.2. The van der Waals surface area contributed by atoms with Gasteiger partial charge in [-0.15, -0.1) is 0 Å². The smallest absolute Gasteiger partial charge is 0.265 e. The fourth-order valence-corrected chi connectivity index (χ4v) is 6.12. The summed E-state index contributed by atoms with van der Waals surface area (Å²) >= 11 is 0. The number of Topliss-reactive ketones (excluding diaryl/α,β-unsaturated/α-hetero) is 1. The van der Waals surface area contributed by atoms with Crippen molar-refractivity contribution in [1.29, 1.82) is 0 Å². The number of amidine groups is 1. The van der Waals surface area contributed by atoms with Gasteiger partial charge in [-0.25, -0.2) is 18.2 Å². The van der Waals surface area contributed by atoms with E-state index in [0.717, 1.165) is 13.1 Å². The first-order valence-electron chi connectivity index (χ1n) is 14.7. The lowest BCUT2D eigenvalue weighted by Crippen LogP contribution is -2.43. The average Bonchev–Trinajstić information content (AvgIpc) is 3.35. The molecule has 224 valence electrons. The summed E-state index contributed by atoms with van der Waals surface area (Å²) in [5.74, 6) is -1.39. The highest BCUT2D eigenvalue weighted by Crippen LogP contribution is 2.41. The Morgan fingerprint density at radius 3 is 2.16 bits per heavy atom. The van der Waals surface area contributed by atoms with Gasteiger partial charge < -0.3 is 4.90 Å². The number of likely N-dealkylation sites (tertiary alicyclic amines) is 1. The standard InChI is InChI=1S/C35H31F3N4O2/c36-28-12-8-24(9-13-28)32(43)25-16-21-41(22-17-25)19-4-20-42-33(31-7-1-2-18-39-31)40-35(34(42)44,26-10-14-29(37)15-11-26)27-5-3-6-30(38)23-27/h1-3,5-15,18,23,25H,4,16-17,19-22H2. The maximum absolute atomic E-state index is 14.5. The Bertz CT molecular complexity index is 1670. The van der Waals surface area contributed by atoms with Crippen LogP contribution in [0.2, 0.25) is 0 Å². The zero-order valence-corrected chi connectivity index (χ0v) is 24.0. The number of amides is 1. The van der Waals surface area contributed by atoms with Crippen molar-refractivity contribution < 1.29 is 22.8 Å². The van der Waals surface area contributed by atoms with Gasteiger partial charge in [0.15, 0.2) is 17.2 Å². The summed E-state index contributed by atoms with van der Waals surface area (Å²) in [5.41, 5.74) is 0.195. The molecule has 6 rings (SSSR count). The molecule has 0 saturated carbocycles. The van der Waals surface area contributed by atoms with E-state index in [4.69, 9.17) is 4.99 Å². The van der Waals surface area contributed by atoms with Crippen molar-refractivity contribution >= 4 is 17.5 Å². The fraction of sp³-hybridized carbons (Fsp3) is 0.257. The number of halogens is 3. The van der Waals surface area contributed by atoms with E-state index < -0.39 is 17.2 Å². The van der Waals surface area contributed by atoms with Crippen LogP contribution in [0.3, 0.4) is 0 Å². The Morgan fingerprint density at radius 1 is 0.795 bits per heavy atom. The molecule has 1 fully saturated rings. The Morgan fingerprint density at radius 2 is 1.50 bits per heavy atom. The summed E-state index contributed by atoms with van der Waals surface area (Å²) in [6, 6.07) is 22.4. The highest BCUT2D eigenvalue weighted by molar-refractivity contribution is 6.16. The van der Waals surface area contributed by atoms with E-state index in [9.17, 15) is 22.8 Å². The van der Waals surface area contributed by atoms with Crippen LogP contribution in [0.5, 0.6) is 0 Å². The van der Waals surface area contributed by atoms with Gasteiger partial charge in [0.2, 0.25) is 0 Å². The van der Waals surface area contributed by atoms with Crippen LogP contribution in [0.4, 0.5) is 13.2 Å². The monoisotopic (exact) mass is 596 g/mol. The molecular weight excluding hydrogens is 565 g/mol. The van der Waals surface area contributed by atoms with Crippen LogP contribution in [0.15, 0.2) is 102 Å². The summed E-state index contributed by atoms with van der Waals surface area (Å²) in [4.78, 5) is 40.6. The normalized spacial score (nSPS) is 19.3. The van der Waals surface area contributed by atoms with E-state index in [1.54, 1.807) is 29.3 Å². The number of carbonyl (C=O) groups excluding carboxylic acids is 2. The number of rotatable bonds is 9. The molecule has 1 amide bonds. The molecule has 3 heterocycles. The van der Waals surface area contributed by atoms with E-state index in [1.807, 2.05) is 6.07 Å². The van der Waals surface area contributed by atoms with Crippen LogP contribution in [0, 0.1) is 23.4 Å². The molecule has 0 radical (unpaired) electrons. The lowest BCUT2D eigenvalue weighted by Gasteiger charge is -2.32. The van der Waals surface area contributed by atoms with Crippen molar-refractivity contribution in [2.75, 3.05) is 26.2 Å². The molecule has 1 unspecified atom stereocenters. The molecule has 1 aromatic heterocycles. The summed E-state index contributed by atoms with van der Waals surface area (Å²) in [6.07, 6.45) is 3.65. The minimum Gasteiger partial charge on any atom is -0.303 e. The summed E-state index contributed by atoms with van der Waals surface area (Å²) in [6.45, 7) is 2.49. The third kappa shape index (κ3) is 5.79. The van der Waals surface area contributed by atoms with E-state index in [0.29, 0.717) is 60.6 Å². The molecule has 3 aromatic carbocycles. The second-order valence-electron chi connectivity index (χ2n) is 11.2. The zero-order chi connectivity index (χ0) is 30.7. The molecular formula is C35H31F3N4O2. The van der Waals surface area contributed by atoms with Crippen molar-refractivity contribution in [2.45, 2.75) is 24.8 Å². The molecule has 2 aliphatic heterocycles. The summed E-state index contributed by atoms with van der Waals surface area (Å²) in [5, 5.41) is 0. The van der Waals surface area contributed by atoms with Crippen LogP contribution in [-0.4, -0.2) is 58.5 Å². The molecule has 2 aliphatic rings. The molecule has 0 bridgehead atoms. The fourth-order valence-electron chi connectivity index (χ4n) is 6.12. The molecule has 6 nitrogen and oxygen atoms in total. The van der Waals surface area contributed by atoms with Crippen LogP contribution < -0.4 is 0 Å². The van der Waals surface area contributed by atoms with Crippen LogP contribution in [0.1, 0.15) is 46.4 Å². The molecule has 1 saturated heterocycles. The molecule has 0 aliphatic carbocycles. The SMILES string of the molecule is O=C(c1ccc(F)cc1)C1CCN(CCCN2C(=O)C(c3ccc(F)cc3)(c3cccc(F)c3)N=C2c2ccccn2)CC1. The third-order valence-electron chi connectivity index (χ3n) is 8.43. The van der Waals surface area contributed by atoms with Crippen molar-refractivity contribution in [3.05, 3.63) is 137 Å². The highest BCUT2D eigenvalue weighted by Gasteiger charge is 2.51. The van der Waals surface area contributed by atoms with E-state index in [2.05, 4.69) is 9.88 Å². The maximum atomic E-state index is 14.5. The minimum absolute atomic E-state index is 0.0398. The van der Waals surface area contributed by atoms with Gasteiger partial charge in [0.25, 0.3) is 5.91 Å². The van der Waals surface area contributed by atoms with Crippen LogP contribution in [0.25, 0.3) is 0 Å². The zero-order valence-electron chi connectivity index (χ0n) is 24.0. The van der Waals surface area contributed by atoms with Gasteiger partial charge in [0.05, 0.1) is 0 Å². The Balaban J connectivity index is 1.21. The molecule has 1 atom stereocenters. The lowest BCUT2D eigenvalue weighted by atomic mass is 9.82. The third-order valence-corrected chi connectivity index (χ3v) is 8.43. The summed E-state index contributed by atoms with van der Waals surface area (Å²) < 4.78 is 41.8. The van der Waals surface area contributed by atoms with E-state index in [-0.39, 0.29) is 23.4 Å². The van der Waals surface area contributed by atoms with Crippen molar-refractivity contribution in [3.8, 4) is 0 Å². The Labute approximate surface area is 253 Å². The van der Waals surface area contributed by atoms with Gasteiger partial charge in [-0.2, -0.15) is 0 Å². The van der Waals surface area contributed by atoms with E-state index in [1.165, 1.54) is 66.7 Å². The lowest BCUT2D eigenvalue weighted by molar-refractivity contribution is -0.130. The second kappa shape index (κ2) is 12.5. The van der Waals surface area contributed by atoms with Gasteiger partial charge in [0.1, 0.15) is 23.1 Å². The quantitative estimate of drug-likeness (QED) is 0.222. The predicted molar refractivity (Wildman–Crippen MR) is 161 cm³/mol. The van der Waals surface area contributed by atoms with Crippen LogP contribution in [-0.2, 0) is 10.3 Å². The van der Waals surface area contributed by atoms with Crippen molar-refractivity contribution in [2.24, 2.45) is 10.9 Å². The van der Waals surface area contributed by atoms with Gasteiger partial charge in [-0.05, 0) is 111 Å². The van der Waals surface area contributed by atoms with Gasteiger partial charge in [-0.1, -0.05) is 30.3 Å². The number of hydrogen-bond donors (Lipinski definition) is 0. The molecule has 4 aromatic rings. The first-order valence-corrected chi connectivity index (χ1v) is 14.7. The number of piperidine rings is 1. The Hall–Kier alpha value is -4.63. The van der Waals surface area contributed by atoms with Crippen LogP contribution >= 0.6 is 0 Å². The number of nitrogens with zero attached hydrogens (tertiary/aromatic N) is 4. The molecule has 9 heteroatoms. The van der Waals surface area contributed by atoms with Crippen molar-refractivity contribution in [3.63, 3.8) is 0 Å². The first-order chi connectivity index (χ1) is 21.3. The number of pyridine rings is 1. The number of benzene rings is 3. The highest BCUT2D eigenvalue weighted by atomic mass is 19.1. The average molecular weight is 597 g/mol. The minimum atomic E-state index is -1.61. The maximum Gasteiger partial charge on any atom is 0.265 e. The number of aromatic nitrogens is 1. The number of ketones is 1. The largest absolute Gasteiger partial charge is 0.303 e. The predicted octanol–water partition coefficient (Wildman–Crippen LogP) is 6.02.